The Morgan fingerprint density at radius 1 is 0.957 bits per heavy atom. The van der Waals surface area contributed by atoms with Crippen LogP contribution in [0.4, 0.5) is 9.59 Å². The molecule has 2 amide bonds. The molecular formula is C33H39N5O8. The van der Waals surface area contributed by atoms with Crippen molar-refractivity contribution in [2.45, 2.75) is 65.3 Å². The van der Waals surface area contributed by atoms with Gasteiger partial charge in [-0.3, -0.25) is 4.79 Å². The fourth-order valence-electron chi connectivity index (χ4n) is 5.51. The summed E-state index contributed by atoms with van der Waals surface area (Å²) in [7, 11) is 3.15. The van der Waals surface area contributed by atoms with Crippen LogP contribution < -0.4 is 20.9 Å². The maximum Gasteiger partial charge on any atom is 0.415 e. The Labute approximate surface area is 266 Å². The van der Waals surface area contributed by atoms with Gasteiger partial charge in [-0.1, -0.05) is 6.08 Å². The van der Waals surface area contributed by atoms with Crippen molar-refractivity contribution in [1.29, 1.82) is 0 Å². The number of hydrogen-bond donors (Lipinski definition) is 0. The number of Topliss-reactive ketones (excluding diaryl/α,β-unsaturated/α-hetero) is 1. The molecule has 2 aromatic carbocycles. The fraction of sp³-hybridized carbons (Fsp3) is 0.424. The molecule has 13 nitrogen and oxygen atoms in total. The zero-order valence-electron chi connectivity index (χ0n) is 27.3. The minimum absolute atomic E-state index is 0.121. The average Bonchev–Trinajstić information content (AvgIpc) is 3.23. The summed E-state index contributed by atoms with van der Waals surface area (Å²) >= 11 is 0. The van der Waals surface area contributed by atoms with Gasteiger partial charge >= 0.3 is 23.6 Å². The molecule has 46 heavy (non-hydrogen) atoms. The first kappa shape index (κ1) is 32.3. The van der Waals surface area contributed by atoms with Crippen LogP contribution in [0.25, 0.3) is 5.69 Å². The molecule has 0 spiro atoms. The number of rotatable bonds is 6. The van der Waals surface area contributed by atoms with Crippen LogP contribution in [-0.2, 0) is 11.3 Å². The highest BCUT2D eigenvalue weighted by atomic mass is 16.6. The minimum Gasteiger partial charge on any atom is -0.483 e. The standard InChI is InChI=1S/C33H39N5O8/c1-20(39)21-9-11-22(12-10-21)37-28(40)36-16-15-25-27(38(36)29(37)41)24-14-13-23(19-26(24)45-33(25,5)6)44-30(42)34(7)17-18-35(8)31(43)46-32(2,3)4/h9-15,19,27H,16-18H2,1-8H3. The van der Waals surface area contributed by atoms with E-state index in [1.54, 1.807) is 77.3 Å². The molecule has 2 aliphatic rings. The van der Waals surface area contributed by atoms with Crippen molar-refractivity contribution in [3.8, 4) is 17.2 Å². The lowest BCUT2D eigenvalue weighted by Gasteiger charge is -2.42. The molecule has 0 saturated heterocycles. The molecule has 0 fully saturated rings. The van der Waals surface area contributed by atoms with E-state index < -0.39 is 40.8 Å². The molecule has 13 heteroatoms. The van der Waals surface area contributed by atoms with Gasteiger partial charge in [-0.05, 0) is 83.5 Å². The van der Waals surface area contributed by atoms with Crippen molar-refractivity contribution >= 4 is 18.0 Å². The van der Waals surface area contributed by atoms with E-state index in [1.807, 2.05) is 19.9 Å². The lowest BCUT2D eigenvalue weighted by Crippen LogP contribution is -2.46. The van der Waals surface area contributed by atoms with Crippen LogP contribution in [0.3, 0.4) is 0 Å². The van der Waals surface area contributed by atoms with Gasteiger partial charge in [-0.15, -0.1) is 0 Å². The number of aromatic nitrogens is 3. The Morgan fingerprint density at radius 3 is 2.20 bits per heavy atom. The average molecular weight is 634 g/mol. The van der Waals surface area contributed by atoms with Gasteiger partial charge in [-0.25, -0.2) is 33.1 Å². The summed E-state index contributed by atoms with van der Waals surface area (Å²) in [4.78, 5) is 67.0. The highest BCUT2D eigenvalue weighted by molar-refractivity contribution is 5.94. The number of carbonyl (C=O) groups is 3. The molecule has 1 atom stereocenters. The van der Waals surface area contributed by atoms with E-state index in [0.717, 1.165) is 10.1 Å². The number of allylic oxidation sites excluding steroid dienone is 1. The maximum atomic E-state index is 13.9. The molecule has 244 valence electrons. The van der Waals surface area contributed by atoms with E-state index >= 15 is 0 Å². The quantitative estimate of drug-likeness (QED) is 0.294. The van der Waals surface area contributed by atoms with Crippen LogP contribution in [0.1, 0.15) is 63.5 Å². The molecule has 0 N–H and O–H groups in total. The van der Waals surface area contributed by atoms with Gasteiger partial charge < -0.3 is 24.0 Å². The maximum absolute atomic E-state index is 13.9. The van der Waals surface area contributed by atoms with Gasteiger partial charge in [0.15, 0.2) is 5.78 Å². The first-order valence-electron chi connectivity index (χ1n) is 14.9. The van der Waals surface area contributed by atoms with Crippen LogP contribution in [0.2, 0.25) is 0 Å². The van der Waals surface area contributed by atoms with Crippen LogP contribution in [-0.4, -0.2) is 80.1 Å². The number of ketones is 1. The molecule has 1 unspecified atom stereocenters. The lowest BCUT2D eigenvalue weighted by molar-refractivity contribution is 0.0287. The molecule has 0 radical (unpaired) electrons. The summed E-state index contributed by atoms with van der Waals surface area (Å²) in [5.74, 6) is 0.503. The van der Waals surface area contributed by atoms with Crippen molar-refractivity contribution < 1.29 is 28.6 Å². The Morgan fingerprint density at radius 2 is 1.59 bits per heavy atom. The summed E-state index contributed by atoms with van der Waals surface area (Å²) in [5, 5.41) is 0. The van der Waals surface area contributed by atoms with Gasteiger partial charge in [0.2, 0.25) is 0 Å². The summed E-state index contributed by atoms with van der Waals surface area (Å²) in [6, 6.07) is 10.6. The predicted molar refractivity (Wildman–Crippen MR) is 169 cm³/mol. The molecule has 0 bridgehead atoms. The second-order valence-electron chi connectivity index (χ2n) is 13.0. The molecular weight excluding hydrogens is 594 g/mol. The largest absolute Gasteiger partial charge is 0.483 e. The normalized spacial score (nSPS) is 16.2. The lowest BCUT2D eigenvalue weighted by atomic mass is 9.83. The Balaban J connectivity index is 1.40. The van der Waals surface area contributed by atoms with Crippen LogP contribution in [0, 0.1) is 0 Å². The first-order chi connectivity index (χ1) is 21.5. The number of nitrogens with zero attached hydrogens (tertiary/aromatic N) is 5. The fourth-order valence-corrected chi connectivity index (χ4v) is 5.51. The minimum atomic E-state index is -0.852. The summed E-state index contributed by atoms with van der Waals surface area (Å²) in [6.07, 6.45) is 0.767. The van der Waals surface area contributed by atoms with Gasteiger partial charge in [0.25, 0.3) is 0 Å². The second kappa shape index (κ2) is 11.7. The summed E-state index contributed by atoms with van der Waals surface area (Å²) in [6.45, 7) is 11.1. The third-order valence-electron chi connectivity index (χ3n) is 7.95. The van der Waals surface area contributed by atoms with Gasteiger partial charge in [0, 0.05) is 44.4 Å². The molecule has 2 aliphatic heterocycles. The molecule has 0 saturated carbocycles. The molecule has 1 aromatic heterocycles. The molecule has 0 aliphatic carbocycles. The molecule has 3 heterocycles. The predicted octanol–water partition coefficient (Wildman–Crippen LogP) is 4.00. The number of likely N-dealkylation sites (N-methyl/N-ethyl adjacent to an activating group) is 2. The third kappa shape index (κ3) is 6.09. The summed E-state index contributed by atoms with van der Waals surface area (Å²) < 4.78 is 21.2. The van der Waals surface area contributed by atoms with Gasteiger partial charge in [0.05, 0.1) is 12.2 Å². The molecule has 5 rings (SSSR count). The van der Waals surface area contributed by atoms with Crippen molar-refractivity contribution in [3.05, 3.63) is 86.2 Å². The van der Waals surface area contributed by atoms with Crippen LogP contribution in [0.5, 0.6) is 11.5 Å². The van der Waals surface area contributed by atoms with E-state index in [9.17, 15) is 24.0 Å². The smallest absolute Gasteiger partial charge is 0.415 e. The van der Waals surface area contributed by atoms with E-state index in [1.165, 1.54) is 26.1 Å². The number of amides is 2. The SMILES string of the molecule is CC(=O)c1ccc(-n2c(=O)n3n(c2=O)C2C(=CC3)C(C)(C)Oc3cc(OC(=O)N(C)CCN(C)C(=O)OC(C)(C)C)ccc32)cc1. The van der Waals surface area contributed by atoms with E-state index in [-0.39, 0.29) is 31.2 Å². The Bertz CT molecular complexity index is 1860. The van der Waals surface area contributed by atoms with E-state index in [4.69, 9.17) is 14.2 Å². The van der Waals surface area contributed by atoms with Gasteiger partial charge in [0.1, 0.15) is 28.7 Å². The highest BCUT2D eigenvalue weighted by Gasteiger charge is 2.44. The number of hydrogen-bond acceptors (Lipinski definition) is 8. The van der Waals surface area contributed by atoms with Crippen molar-refractivity contribution in [3.63, 3.8) is 0 Å². The Hall–Kier alpha value is -5.07. The van der Waals surface area contributed by atoms with E-state index in [0.29, 0.717) is 22.6 Å². The topological polar surface area (TPSA) is 134 Å². The van der Waals surface area contributed by atoms with Gasteiger partial charge in [-0.2, -0.15) is 0 Å². The first-order valence-corrected chi connectivity index (χ1v) is 14.9. The monoisotopic (exact) mass is 633 g/mol. The molecule has 3 aromatic rings. The number of benzene rings is 2. The number of ether oxygens (including phenoxy) is 3. The van der Waals surface area contributed by atoms with Crippen molar-refractivity contribution in [2.24, 2.45) is 0 Å². The number of carbonyl (C=O) groups excluding carboxylic acids is 3. The van der Waals surface area contributed by atoms with Crippen molar-refractivity contribution in [1.82, 2.24) is 23.7 Å². The van der Waals surface area contributed by atoms with Crippen LogP contribution in [0.15, 0.2) is 63.7 Å². The third-order valence-corrected chi connectivity index (χ3v) is 7.95. The van der Waals surface area contributed by atoms with E-state index in [2.05, 4.69) is 0 Å². The zero-order chi connectivity index (χ0) is 33.7. The second-order valence-corrected chi connectivity index (χ2v) is 13.0. The summed E-state index contributed by atoms with van der Waals surface area (Å²) in [5.41, 5.74) is -0.267. The Kier molecular flexibility index (Phi) is 8.22. The zero-order valence-corrected chi connectivity index (χ0v) is 27.3. The number of fused-ring (bicyclic) bond motifs is 5. The highest BCUT2D eigenvalue weighted by Crippen LogP contribution is 2.47. The van der Waals surface area contributed by atoms with Crippen LogP contribution >= 0.6 is 0 Å². The van der Waals surface area contributed by atoms with Crippen molar-refractivity contribution in [2.75, 3.05) is 27.2 Å².